The van der Waals surface area contributed by atoms with E-state index in [4.69, 9.17) is 0 Å². The molecule has 4 aliphatic carbocycles. The maximum atomic E-state index is 10.8. The highest BCUT2D eigenvalue weighted by Crippen LogP contribution is 2.68. The van der Waals surface area contributed by atoms with Crippen molar-refractivity contribution in [1.82, 2.24) is 0 Å². The van der Waals surface area contributed by atoms with Gasteiger partial charge in [-0.2, -0.15) is 0 Å². The third-order valence-electron chi connectivity index (χ3n) is 9.81. The van der Waals surface area contributed by atoms with Crippen molar-refractivity contribution in [1.29, 1.82) is 0 Å². The second-order valence-electron chi connectivity index (χ2n) is 11.7. The highest BCUT2D eigenvalue weighted by Gasteiger charge is 2.62. The molecular weight excluding hydrogens is 308 g/mol. The molecule has 4 aliphatic rings. The smallest absolute Gasteiger partial charge is 0.0625 e. The minimum Gasteiger partial charge on any atom is -0.390 e. The molecule has 0 aromatic carbocycles. The number of hydrogen-bond donors (Lipinski definition) is 2. The summed E-state index contributed by atoms with van der Waals surface area (Å²) >= 11 is 0. The molecule has 144 valence electrons. The summed E-state index contributed by atoms with van der Waals surface area (Å²) in [4.78, 5) is 0. The molecule has 0 radical (unpaired) electrons. The third kappa shape index (κ3) is 2.64. The van der Waals surface area contributed by atoms with Crippen LogP contribution in [-0.2, 0) is 0 Å². The van der Waals surface area contributed by atoms with Crippen LogP contribution in [0.15, 0.2) is 0 Å². The van der Waals surface area contributed by atoms with Gasteiger partial charge in [-0.25, -0.2) is 0 Å². The van der Waals surface area contributed by atoms with Crippen LogP contribution in [0.5, 0.6) is 0 Å². The van der Waals surface area contributed by atoms with Gasteiger partial charge in [0.05, 0.1) is 11.2 Å². The van der Waals surface area contributed by atoms with Gasteiger partial charge < -0.3 is 10.2 Å². The van der Waals surface area contributed by atoms with Crippen molar-refractivity contribution in [2.75, 3.05) is 0 Å². The average Bonchev–Trinajstić information content (AvgIpc) is 2.85. The van der Waals surface area contributed by atoms with E-state index in [1.807, 2.05) is 13.8 Å². The van der Waals surface area contributed by atoms with Crippen LogP contribution in [0.4, 0.5) is 0 Å². The maximum absolute atomic E-state index is 10.8. The predicted octanol–water partition coefficient (Wildman–Crippen LogP) is 5.17. The Kier molecular flexibility index (Phi) is 4.00. The van der Waals surface area contributed by atoms with Crippen LogP contribution in [0.3, 0.4) is 0 Å². The van der Waals surface area contributed by atoms with E-state index in [9.17, 15) is 10.2 Å². The van der Waals surface area contributed by atoms with E-state index in [0.717, 1.165) is 30.6 Å². The van der Waals surface area contributed by atoms with E-state index in [2.05, 4.69) is 20.8 Å². The normalized spacial score (nSPS) is 56.0. The van der Waals surface area contributed by atoms with Crippen molar-refractivity contribution < 1.29 is 10.2 Å². The Bertz CT molecular complexity index is 533. The second-order valence-corrected chi connectivity index (χ2v) is 11.7. The second kappa shape index (κ2) is 5.47. The molecule has 25 heavy (non-hydrogen) atoms. The molecule has 4 fully saturated rings. The maximum Gasteiger partial charge on any atom is 0.0625 e. The molecule has 4 saturated carbocycles. The zero-order valence-electron chi connectivity index (χ0n) is 17.1. The molecule has 0 spiro atoms. The summed E-state index contributed by atoms with van der Waals surface area (Å²) in [6.45, 7) is 11.2. The van der Waals surface area contributed by atoms with Gasteiger partial charge in [0.15, 0.2) is 0 Å². The Morgan fingerprint density at radius 3 is 2.16 bits per heavy atom. The van der Waals surface area contributed by atoms with Crippen LogP contribution >= 0.6 is 0 Å². The summed E-state index contributed by atoms with van der Waals surface area (Å²) in [6.07, 6.45) is 11.1. The minimum absolute atomic E-state index is 0.336. The van der Waals surface area contributed by atoms with E-state index in [1.165, 1.54) is 44.9 Å². The quantitative estimate of drug-likeness (QED) is 0.686. The first-order valence-corrected chi connectivity index (χ1v) is 10.9. The van der Waals surface area contributed by atoms with Gasteiger partial charge in [0.2, 0.25) is 0 Å². The lowest BCUT2D eigenvalue weighted by atomic mass is 9.43. The van der Waals surface area contributed by atoms with E-state index >= 15 is 0 Å². The highest BCUT2D eigenvalue weighted by atomic mass is 16.3. The van der Waals surface area contributed by atoms with Crippen molar-refractivity contribution in [2.24, 2.45) is 40.4 Å². The standard InChI is InChI=1S/C23H40O2/c1-20(2,24)19-9-8-17-16-7-6-15-14-21(3,25)12-13-22(15,4)18(16)10-11-23(17,19)5/h15-19,24-25H,6-14H2,1-5H3/t15-,16?,17?,18?,19+,21+,22-,23-/m0/s1. The molecule has 2 nitrogen and oxygen atoms in total. The molecule has 0 bridgehead atoms. The number of rotatable bonds is 1. The molecule has 0 saturated heterocycles. The van der Waals surface area contributed by atoms with Crippen LogP contribution in [-0.4, -0.2) is 21.4 Å². The van der Waals surface area contributed by atoms with Gasteiger partial charge in [-0.1, -0.05) is 13.8 Å². The summed E-state index contributed by atoms with van der Waals surface area (Å²) in [6, 6.07) is 0. The molecule has 4 rings (SSSR count). The van der Waals surface area contributed by atoms with Gasteiger partial charge in [0.25, 0.3) is 0 Å². The Balaban J connectivity index is 1.60. The van der Waals surface area contributed by atoms with Crippen LogP contribution in [0.2, 0.25) is 0 Å². The fourth-order valence-corrected chi connectivity index (χ4v) is 8.59. The van der Waals surface area contributed by atoms with Crippen LogP contribution in [0.25, 0.3) is 0 Å². The van der Waals surface area contributed by atoms with Gasteiger partial charge in [0, 0.05) is 0 Å². The van der Waals surface area contributed by atoms with Crippen molar-refractivity contribution in [3.63, 3.8) is 0 Å². The average molecular weight is 349 g/mol. The summed E-state index contributed by atoms with van der Waals surface area (Å²) < 4.78 is 0. The number of aliphatic hydroxyl groups is 2. The van der Waals surface area contributed by atoms with E-state index in [-0.39, 0.29) is 0 Å². The van der Waals surface area contributed by atoms with Gasteiger partial charge >= 0.3 is 0 Å². The van der Waals surface area contributed by atoms with Crippen molar-refractivity contribution >= 4 is 0 Å². The summed E-state index contributed by atoms with van der Waals surface area (Å²) in [5, 5.41) is 21.4. The number of fused-ring (bicyclic) bond motifs is 5. The van der Waals surface area contributed by atoms with E-state index < -0.39 is 11.2 Å². The van der Waals surface area contributed by atoms with Crippen LogP contribution < -0.4 is 0 Å². The third-order valence-corrected chi connectivity index (χ3v) is 9.81. The fraction of sp³-hybridized carbons (Fsp3) is 1.00. The minimum atomic E-state index is -0.541. The highest BCUT2D eigenvalue weighted by molar-refractivity contribution is 5.11. The molecular formula is C23H40O2. The SMILES string of the molecule is CC(C)(O)[C@H]1CCC2C3CC[C@H]4C[C@](C)(O)CC[C@]4(C)C3CC[C@@]21C. The number of hydrogen-bond acceptors (Lipinski definition) is 2. The molecule has 0 aromatic rings. The van der Waals surface area contributed by atoms with Crippen LogP contribution in [0, 0.1) is 40.4 Å². The largest absolute Gasteiger partial charge is 0.390 e. The fourth-order valence-electron chi connectivity index (χ4n) is 8.59. The first kappa shape index (κ1) is 18.3. The zero-order valence-corrected chi connectivity index (χ0v) is 17.1. The Labute approximate surface area is 154 Å². The molecule has 0 heterocycles. The lowest BCUT2D eigenvalue weighted by molar-refractivity contribution is -0.155. The molecule has 2 N–H and O–H groups in total. The molecule has 0 aromatic heterocycles. The monoisotopic (exact) mass is 348 g/mol. The molecule has 0 amide bonds. The molecule has 8 atom stereocenters. The van der Waals surface area contributed by atoms with E-state index in [1.54, 1.807) is 0 Å². The molecule has 2 heteroatoms. The Morgan fingerprint density at radius 1 is 0.800 bits per heavy atom. The van der Waals surface area contributed by atoms with E-state index in [0.29, 0.717) is 22.7 Å². The van der Waals surface area contributed by atoms with Crippen molar-refractivity contribution in [3.8, 4) is 0 Å². The Morgan fingerprint density at radius 2 is 1.48 bits per heavy atom. The molecule has 0 aliphatic heterocycles. The molecule has 3 unspecified atom stereocenters. The zero-order chi connectivity index (χ0) is 18.3. The predicted molar refractivity (Wildman–Crippen MR) is 102 cm³/mol. The first-order valence-electron chi connectivity index (χ1n) is 10.9. The lowest BCUT2D eigenvalue weighted by Crippen LogP contribution is -2.56. The van der Waals surface area contributed by atoms with Gasteiger partial charge in [-0.15, -0.1) is 0 Å². The topological polar surface area (TPSA) is 40.5 Å². The summed E-state index contributed by atoms with van der Waals surface area (Å²) in [5.41, 5.74) is -0.192. The van der Waals surface area contributed by atoms with Crippen LogP contribution in [0.1, 0.15) is 92.4 Å². The van der Waals surface area contributed by atoms with Crippen molar-refractivity contribution in [3.05, 3.63) is 0 Å². The van der Waals surface area contributed by atoms with Gasteiger partial charge in [0.1, 0.15) is 0 Å². The van der Waals surface area contributed by atoms with Crippen molar-refractivity contribution in [2.45, 2.75) is 104 Å². The van der Waals surface area contributed by atoms with Gasteiger partial charge in [-0.3, -0.25) is 0 Å². The summed E-state index contributed by atoms with van der Waals surface area (Å²) in [7, 11) is 0. The van der Waals surface area contributed by atoms with Gasteiger partial charge in [-0.05, 0) is 119 Å². The lowest BCUT2D eigenvalue weighted by Gasteiger charge is -2.62. The summed E-state index contributed by atoms with van der Waals surface area (Å²) in [5.74, 6) is 3.69. The Hall–Kier alpha value is -0.0800. The first-order chi connectivity index (χ1) is 11.5.